The van der Waals surface area contributed by atoms with Crippen LogP contribution in [0.2, 0.25) is 0 Å². The van der Waals surface area contributed by atoms with Crippen LogP contribution in [0.15, 0.2) is 35.2 Å². The number of H-pyrrole nitrogens is 1. The Bertz CT molecular complexity index is 958. The fourth-order valence-electron chi connectivity index (χ4n) is 4.30. The van der Waals surface area contributed by atoms with Gasteiger partial charge in [-0.1, -0.05) is 38.2 Å². The van der Waals surface area contributed by atoms with E-state index < -0.39 is 10.0 Å². The molecule has 2 heterocycles. The smallest absolute Gasteiger partial charge is 0.256 e. The predicted octanol–water partition coefficient (Wildman–Crippen LogP) is 3.57. The number of carbonyl (C=O) groups excluding carboxylic acids is 1. The van der Waals surface area contributed by atoms with Crippen molar-refractivity contribution in [3.05, 3.63) is 41.6 Å². The molecule has 0 bridgehead atoms. The molecular weight excluding hydrogens is 388 g/mol. The number of rotatable bonds is 6. The van der Waals surface area contributed by atoms with Crippen LogP contribution in [0.3, 0.4) is 0 Å². The molecule has 1 amide bonds. The van der Waals surface area contributed by atoms with Gasteiger partial charge in [0.15, 0.2) is 5.82 Å². The van der Waals surface area contributed by atoms with Gasteiger partial charge in [-0.05, 0) is 43.4 Å². The summed E-state index contributed by atoms with van der Waals surface area (Å²) in [6.07, 6.45) is 9.11. The standard InChI is InChI=1S/C21H28N4O3S/c26-21(22-20-15-18(23-24-20)13-16-7-2-1-3-8-16)17-9-6-10-19(14-17)29(27,28)25-11-4-5-12-25/h6,9-10,14-16H,1-5,7-8,11-13H2,(H2,22,23,24,26). The molecule has 2 aliphatic rings. The molecule has 1 aromatic heterocycles. The Balaban J connectivity index is 1.42. The van der Waals surface area contributed by atoms with Gasteiger partial charge in [0.2, 0.25) is 10.0 Å². The summed E-state index contributed by atoms with van der Waals surface area (Å²) in [5.41, 5.74) is 1.33. The van der Waals surface area contributed by atoms with E-state index in [0.717, 1.165) is 25.0 Å². The Morgan fingerprint density at radius 1 is 1.10 bits per heavy atom. The lowest BCUT2D eigenvalue weighted by atomic mass is 9.86. The highest BCUT2D eigenvalue weighted by atomic mass is 32.2. The highest BCUT2D eigenvalue weighted by Gasteiger charge is 2.27. The van der Waals surface area contributed by atoms with Gasteiger partial charge in [-0.2, -0.15) is 9.40 Å². The minimum absolute atomic E-state index is 0.159. The van der Waals surface area contributed by atoms with E-state index in [0.29, 0.717) is 30.4 Å². The fourth-order valence-corrected chi connectivity index (χ4v) is 5.86. The van der Waals surface area contributed by atoms with Crippen molar-refractivity contribution in [2.24, 2.45) is 5.92 Å². The second kappa shape index (κ2) is 8.67. The van der Waals surface area contributed by atoms with Crippen LogP contribution in [0.4, 0.5) is 5.82 Å². The van der Waals surface area contributed by atoms with E-state index in [1.165, 1.54) is 42.5 Å². The van der Waals surface area contributed by atoms with Gasteiger partial charge in [0.1, 0.15) is 0 Å². The van der Waals surface area contributed by atoms with Crippen molar-refractivity contribution in [3.8, 4) is 0 Å². The summed E-state index contributed by atoms with van der Waals surface area (Å²) >= 11 is 0. The number of anilines is 1. The molecule has 1 aliphatic heterocycles. The zero-order valence-electron chi connectivity index (χ0n) is 16.6. The zero-order valence-corrected chi connectivity index (χ0v) is 17.4. The number of hydrogen-bond donors (Lipinski definition) is 2. The van der Waals surface area contributed by atoms with Crippen LogP contribution in [-0.2, 0) is 16.4 Å². The van der Waals surface area contributed by atoms with Gasteiger partial charge in [-0.25, -0.2) is 8.42 Å². The number of benzene rings is 1. The maximum absolute atomic E-state index is 12.7. The average molecular weight is 417 g/mol. The van der Waals surface area contributed by atoms with Crippen molar-refractivity contribution in [2.45, 2.75) is 56.3 Å². The van der Waals surface area contributed by atoms with Crippen LogP contribution in [-0.4, -0.2) is 41.9 Å². The summed E-state index contributed by atoms with van der Waals surface area (Å²) in [5.74, 6) is 0.785. The first-order chi connectivity index (χ1) is 14.0. The molecular formula is C21H28N4O3S. The van der Waals surface area contributed by atoms with Gasteiger partial charge in [-0.15, -0.1) is 0 Å². The van der Waals surface area contributed by atoms with Gasteiger partial charge >= 0.3 is 0 Å². The molecule has 29 heavy (non-hydrogen) atoms. The number of amides is 1. The first-order valence-electron chi connectivity index (χ1n) is 10.5. The molecule has 1 aromatic carbocycles. The molecule has 0 atom stereocenters. The maximum atomic E-state index is 12.7. The first-order valence-corrected chi connectivity index (χ1v) is 11.9. The fraction of sp³-hybridized carbons (Fsp3) is 0.524. The Morgan fingerprint density at radius 3 is 2.62 bits per heavy atom. The second-order valence-corrected chi connectivity index (χ2v) is 10.0. The van der Waals surface area contributed by atoms with Crippen molar-refractivity contribution in [1.29, 1.82) is 0 Å². The summed E-state index contributed by atoms with van der Waals surface area (Å²) in [4.78, 5) is 12.8. The number of nitrogens with zero attached hydrogens (tertiary/aromatic N) is 2. The van der Waals surface area contributed by atoms with E-state index in [2.05, 4.69) is 15.5 Å². The van der Waals surface area contributed by atoms with Crippen LogP contribution in [0.5, 0.6) is 0 Å². The zero-order chi connectivity index (χ0) is 20.3. The molecule has 8 heteroatoms. The summed E-state index contributed by atoms with van der Waals surface area (Å²) in [6, 6.07) is 8.09. The molecule has 0 spiro atoms. The van der Waals surface area contributed by atoms with E-state index >= 15 is 0 Å². The van der Waals surface area contributed by atoms with E-state index in [1.807, 2.05) is 6.07 Å². The highest BCUT2D eigenvalue weighted by molar-refractivity contribution is 7.89. The van der Waals surface area contributed by atoms with Crippen LogP contribution in [0.1, 0.15) is 61.0 Å². The van der Waals surface area contributed by atoms with Crippen LogP contribution in [0, 0.1) is 5.92 Å². The minimum Gasteiger partial charge on any atom is -0.305 e. The molecule has 7 nitrogen and oxygen atoms in total. The van der Waals surface area contributed by atoms with E-state index in [4.69, 9.17) is 0 Å². The minimum atomic E-state index is -3.55. The van der Waals surface area contributed by atoms with Crippen molar-refractivity contribution >= 4 is 21.7 Å². The molecule has 1 saturated carbocycles. The molecule has 156 valence electrons. The number of hydrogen-bond acceptors (Lipinski definition) is 4. The lowest BCUT2D eigenvalue weighted by Crippen LogP contribution is -2.28. The average Bonchev–Trinajstić information content (AvgIpc) is 3.42. The summed E-state index contributed by atoms with van der Waals surface area (Å²) in [5, 5.41) is 9.99. The normalized spacial score (nSPS) is 18.8. The van der Waals surface area contributed by atoms with Gasteiger partial charge in [0.25, 0.3) is 5.91 Å². The SMILES string of the molecule is O=C(Nc1cc(CC2CCCCC2)[nH]n1)c1cccc(S(=O)(=O)N2CCCC2)c1. The van der Waals surface area contributed by atoms with E-state index in [1.54, 1.807) is 18.2 Å². The van der Waals surface area contributed by atoms with Crippen molar-refractivity contribution < 1.29 is 13.2 Å². The Hall–Kier alpha value is -2.19. The molecule has 2 fully saturated rings. The molecule has 1 aliphatic carbocycles. The highest BCUT2D eigenvalue weighted by Crippen LogP contribution is 2.27. The van der Waals surface area contributed by atoms with Crippen molar-refractivity contribution in [3.63, 3.8) is 0 Å². The number of nitrogens with one attached hydrogen (secondary N) is 2. The summed E-state index contributed by atoms with van der Waals surface area (Å²) in [7, 11) is -3.55. The van der Waals surface area contributed by atoms with Gasteiger partial charge < -0.3 is 5.32 Å². The molecule has 4 rings (SSSR count). The number of aromatic amines is 1. The maximum Gasteiger partial charge on any atom is 0.256 e. The lowest BCUT2D eigenvalue weighted by molar-refractivity contribution is 0.102. The monoisotopic (exact) mass is 416 g/mol. The first kappa shape index (κ1) is 20.1. The largest absolute Gasteiger partial charge is 0.305 e. The van der Waals surface area contributed by atoms with Gasteiger partial charge in [0, 0.05) is 30.4 Å². The Morgan fingerprint density at radius 2 is 1.86 bits per heavy atom. The number of sulfonamides is 1. The van der Waals surface area contributed by atoms with Crippen molar-refractivity contribution in [1.82, 2.24) is 14.5 Å². The third-order valence-corrected chi connectivity index (χ3v) is 7.80. The van der Waals surface area contributed by atoms with Crippen LogP contribution < -0.4 is 5.32 Å². The van der Waals surface area contributed by atoms with Crippen LogP contribution >= 0.6 is 0 Å². The molecule has 2 aromatic rings. The van der Waals surface area contributed by atoms with Crippen LogP contribution in [0.25, 0.3) is 0 Å². The number of carbonyl (C=O) groups is 1. The number of aromatic nitrogens is 2. The topological polar surface area (TPSA) is 95.2 Å². The predicted molar refractivity (Wildman–Crippen MR) is 111 cm³/mol. The lowest BCUT2D eigenvalue weighted by Gasteiger charge is -2.20. The molecule has 1 saturated heterocycles. The Labute approximate surface area is 171 Å². The molecule has 0 unspecified atom stereocenters. The third kappa shape index (κ3) is 4.70. The summed E-state index contributed by atoms with van der Waals surface area (Å²) in [6.45, 7) is 1.07. The van der Waals surface area contributed by atoms with Gasteiger partial charge in [0.05, 0.1) is 4.90 Å². The molecule has 0 radical (unpaired) electrons. The van der Waals surface area contributed by atoms with Crippen molar-refractivity contribution in [2.75, 3.05) is 18.4 Å². The second-order valence-electron chi connectivity index (χ2n) is 8.08. The van der Waals surface area contributed by atoms with E-state index in [-0.39, 0.29) is 10.8 Å². The van der Waals surface area contributed by atoms with Gasteiger partial charge in [-0.3, -0.25) is 9.89 Å². The molecule has 2 N–H and O–H groups in total. The third-order valence-electron chi connectivity index (χ3n) is 5.90. The summed E-state index contributed by atoms with van der Waals surface area (Å²) < 4.78 is 27.0. The quantitative estimate of drug-likeness (QED) is 0.752. The van der Waals surface area contributed by atoms with E-state index in [9.17, 15) is 13.2 Å². The Kier molecular flexibility index (Phi) is 6.01.